The van der Waals surface area contributed by atoms with Crippen molar-refractivity contribution in [2.45, 2.75) is 20.0 Å². The Hall–Kier alpha value is -3.68. The van der Waals surface area contributed by atoms with E-state index in [1.807, 2.05) is 13.0 Å². The molecule has 0 spiro atoms. The summed E-state index contributed by atoms with van der Waals surface area (Å²) in [5.41, 5.74) is 7.18. The molecular formula is C19H18N5O3+. The highest BCUT2D eigenvalue weighted by molar-refractivity contribution is 6.00. The summed E-state index contributed by atoms with van der Waals surface area (Å²) in [5, 5.41) is 3.09. The summed E-state index contributed by atoms with van der Waals surface area (Å²) in [7, 11) is 0. The van der Waals surface area contributed by atoms with Crippen molar-refractivity contribution in [3.05, 3.63) is 70.5 Å². The molecule has 4 aromatic rings. The largest absolute Gasteiger partial charge is 0.467 e. The van der Waals surface area contributed by atoms with E-state index in [9.17, 15) is 9.59 Å². The minimum Gasteiger partial charge on any atom is -0.467 e. The second-order valence-corrected chi connectivity index (χ2v) is 6.03. The number of amides is 1. The highest BCUT2D eigenvalue weighted by atomic mass is 16.3. The maximum absolute atomic E-state index is 12.9. The minimum absolute atomic E-state index is 0.227. The van der Waals surface area contributed by atoms with Crippen LogP contribution in [0.15, 0.2) is 58.1 Å². The quantitative estimate of drug-likeness (QED) is 0.419. The molecule has 0 saturated carbocycles. The minimum atomic E-state index is -0.384. The molecule has 0 atom stereocenters. The summed E-state index contributed by atoms with van der Waals surface area (Å²) >= 11 is 0. The molecule has 3 N–H and O–H groups in total. The molecular weight excluding hydrogens is 346 g/mol. The Bertz CT molecular complexity index is 1210. The van der Waals surface area contributed by atoms with Crippen LogP contribution in [0, 0.1) is 0 Å². The number of carbonyl (C=O) groups excluding carboxylic acids is 1. The molecule has 0 radical (unpaired) electrons. The number of nitrogen functional groups attached to an aromatic ring is 1. The number of furan rings is 1. The second-order valence-electron chi connectivity index (χ2n) is 6.03. The van der Waals surface area contributed by atoms with Crippen LogP contribution in [0.25, 0.3) is 16.7 Å². The third-order valence-electron chi connectivity index (χ3n) is 4.42. The predicted octanol–water partition coefficient (Wildman–Crippen LogP) is 1.26. The van der Waals surface area contributed by atoms with E-state index in [2.05, 4.69) is 10.3 Å². The van der Waals surface area contributed by atoms with Crippen LogP contribution in [0.4, 0.5) is 5.82 Å². The van der Waals surface area contributed by atoms with Crippen LogP contribution in [-0.2, 0) is 13.1 Å². The van der Waals surface area contributed by atoms with Gasteiger partial charge in [0, 0.05) is 6.20 Å². The fraction of sp³-hybridized carbons (Fsp3) is 0.158. The number of anilines is 1. The number of nitrogens with two attached hydrogens (primary N) is 1. The van der Waals surface area contributed by atoms with Gasteiger partial charge in [-0.3, -0.25) is 14.0 Å². The van der Waals surface area contributed by atoms with Gasteiger partial charge in [0.25, 0.3) is 17.1 Å². The summed E-state index contributed by atoms with van der Waals surface area (Å²) in [5.74, 6) is 0.499. The van der Waals surface area contributed by atoms with Gasteiger partial charge >= 0.3 is 0 Å². The molecule has 0 saturated heterocycles. The molecule has 4 rings (SSSR count). The number of aryl methyl sites for hydroxylation is 1. The Kier molecular flexibility index (Phi) is 4.08. The normalized spacial score (nSPS) is 11.1. The molecule has 27 heavy (non-hydrogen) atoms. The topological polar surface area (TPSA) is 107 Å². The van der Waals surface area contributed by atoms with Gasteiger partial charge in [0.1, 0.15) is 16.7 Å². The van der Waals surface area contributed by atoms with Gasteiger partial charge in [0.2, 0.25) is 11.5 Å². The van der Waals surface area contributed by atoms with Crippen molar-refractivity contribution in [1.82, 2.24) is 14.7 Å². The van der Waals surface area contributed by atoms with Crippen molar-refractivity contribution in [3.8, 4) is 0 Å². The number of nitrogens with zero attached hydrogens (tertiary/aromatic N) is 3. The predicted molar refractivity (Wildman–Crippen MR) is 99.1 cm³/mol. The summed E-state index contributed by atoms with van der Waals surface area (Å²) in [6.45, 7) is 2.58. The molecule has 0 aromatic carbocycles. The summed E-state index contributed by atoms with van der Waals surface area (Å²) in [4.78, 5) is 30.1. The zero-order chi connectivity index (χ0) is 19.0. The zero-order valence-corrected chi connectivity index (χ0v) is 14.7. The van der Waals surface area contributed by atoms with E-state index < -0.39 is 0 Å². The maximum Gasteiger partial charge on any atom is 0.278 e. The summed E-state index contributed by atoms with van der Waals surface area (Å²) in [6, 6.07) is 10.3. The SMILES string of the molecule is CC[n+]1c(N)c(C(=O)NCc2ccco2)cc2c(=O)n3ccccc3nc21. The summed E-state index contributed by atoms with van der Waals surface area (Å²) in [6.07, 6.45) is 3.18. The highest BCUT2D eigenvalue weighted by Crippen LogP contribution is 2.14. The molecule has 4 aromatic heterocycles. The van der Waals surface area contributed by atoms with Crippen LogP contribution >= 0.6 is 0 Å². The molecule has 8 heteroatoms. The van der Waals surface area contributed by atoms with Gasteiger partial charge in [-0.1, -0.05) is 11.1 Å². The van der Waals surface area contributed by atoms with Gasteiger partial charge in [-0.15, -0.1) is 0 Å². The molecule has 0 bridgehead atoms. The molecule has 1 amide bonds. The van der Waals surface area contributed by atoms with Crippen LogP contribution in [0.3, 0.4) is 0 Å². The Morgan fingerprint density at radius 1 is 1.33 bits per heavy atom. The van der Waals surface area contributed by atoms with E-state index in [0.717, 1.165) is 0 Å². The molecule has 136 valence electrons. The van der Waals surface area contributed by atoms with Crippen molar-refractivity contribution < 1.29 is 13.8 Å². The van der Waals surface area contributed by atoms with E-state index in [0.29, 0.717) is 29.0 Å². The first-order valence-corrected chi connectivity index (χ1v) is 8.54. The van der Waals surface area contributed by atoms with Crippen molar-refractivity contribution >= 4 is 28.4 Å². The number of nitrogens with one attached hydrogen (secondary N) is 1. The van der Waals surface area contributed by atoms with Gasteiger partial charge in [0.15, 0.2) is 0 Å². The number of hydrogen-bond donors (Lipinski definition) is 2. The molecule has 0 fully saturated rings. The number of fused-ring (bicyclic) bond motifs is 2. The lowest BCUT2D eigenvalue weighted by molar-refractivity contribution is -0.655. The lowest BCUT2D eigenvalue weighted by Crippen LogP contribution is -2.42. The van der Waals surface area contributed by atoms with Gasteiger partial charge < -0.3 is 15.5 Å². The van der Waals surface area contributed by atoms with Crippen molar-refractivity contribution in [3.63, 3.8) is 0 Å². The lowest BCUT2D eigenvalue weighted by Gasteiger charge is -2.10. The number of rotatable bonds is 4. The monoisotopic (exact) mass is 364 g/mol. The zero-order valence-electron chi connectivity index (χ0n) is 14.7. The number of hydrogen-bond acceptors (Lipinski definition) is 5. The van der Waals surface area contributed by atoms with Crippen LogP contribution in [0.5, 0.6) is 0 Å². The van der Waals surface area contributed by atoms with E-state index in [1.54, 1.807) is 35.0 Å². The Morgan fingerprint density at radius 3 is 2.93 bits per heavy atom. The van der Waals surface area contributed by atoms with Gasteiger partial charge in [0.05, 0.1) is 19.4 Å². The van der Waals surface area contributed by atoms with Gasteiger partial charge in [-0.05, 0) is 37.3 Å². The fourth-order valence-corrected chi connectivity index (χ4v) is 3.08. The Labute approximate surface area is 153 Å². The first-order chi connectivity index (χ1) is 13.1. The van der Waals surface area contributed by atoms with E-state index in [1.165, 1.54) is 16.7 Å². The molecule has 4 heterocycles. The molecule has 0 aliphatic rings. The third-order valence-corrected chi connectivity index (χ3v) is 4.42. The number of carbonyl (C=O) groups is 1. The van der Waals surface area contributed by atoms with Crippen molar-refractivity contribution in [2.75, 3.05) is 5.73 Å². The average Bonchev–Trinajstić information content (AvgIpc) is 3.20. The van der Waals surface area contributed by atoms with Gasteiger partial charge in [-0.25, -0.2) is 4.57 Å². The third kappa shape index (κ3) is 2.80. The van der Waals surface area contributed by atoms with Crippen LogP contribution in [0.1, 0.15) is 23.0 Å². The smallest absolute Gasteiger partial charge is 0.278 e. The average molecular weight is 364 g/mol. The molecule has 0 aliphatic carbocycles. The molecule has 0 aliphatic heterocycles. The maximum atomic E-state index is 12.9. The standard InChI is InChI=1S/C19H17N5O3/c1-2-23-16(20)13(18(25)21-11-12-6-5-9-27-12)10-14-17(23)22-15-7-3-4-8-24(15)19(14)26/h3-10,20H,2,11H2,1H3,(H,21,25)/p+1. The Balaban J connectivity index is 1.87. The number of pyridine rings is 2. The van der Waals surface area contributed by atoms with Crippen LogP contribution in [0.2, 0.25) is 0 Å². The van der Waals surface area contributed by atoms with Crippen molar-refractivity contribution in [2.24, 2.45) is 0 Å². The van der Waals surface area contributed by atoms with Crippen molar-refractivity contribution in [1.29, 1.82) is 0 Å². The first-order valence-electron chi connectivity index (χ1n) is 8.54. The fourth-order valence-electron chi connectivity index (χ4n) is 3.08. The second kappa shape index (κ2) is 6.56. The Morgan fingerprint density at radius 2 is 2.19 bits per heavy atom. The van der Waals surface area contributed by atoms with Gasteiger partial charge in [-0.2, -0.15) is 0 Å². The van der Waals surface area contributed by atoms with E-state index in [-0.39, 0.29) is 29.4 Å². The highest BCUT2D eigenvalue weighted by Gasteiger charge is 2.23. The first kappa shape index (κ1) is 16.8. The number of aromatic nitrogens is 3. The van der Waals surface area contributed by atoms with Crippen LogP contribution < -0.4 is 21.2 Å². The molecule has 8 nitrogen and oxygen atoms in total. The van der Waals surface area contributed by atoms with E-state index in [4.69, 9.17) is 10.2 Å². The lowest BCUT2D eigenvalue weighted by atomic mass is 10.1. The van der Waals surface area contributed by atoms with E-state index >= 15 is 0 Å². The van der Waals surface area contributed by atoms with Crippen LogP contribution in [-0.4, -0.2) is 15.3 Å². The molecule has 0 unspecified atom stereocenters. The summed E-state index contributed by atoms with van der Waals surface area (Å²) < 4.78 is 8.34.